The highest BCUT2D eigenvalue weighted by molar-refractivity contribution is 9.10. The summed E-state index contributed by atoms with van der Waals surface area (Å²) < 4.78 is 17.3. The molecule has 0 N–H and O–H groups in total. The van der Waals surface area contributed by atoms with Gasteiger partial charge in [0.25, 0.3) is 0 Å². The number of hydrogen-bond acceptors (Lipinski definition) is 2. The minimum atomic E-state index is -0.409. The number of halogens is 2. The molecule has 0 fully saturated rings. The summed E-state index contributed by atoms with van der Waals surface area (Å²) in [7, 11) is 1.34. The fourth-order valence-corrected chi connectivity index (χ4v) is 1.74. The summed E-state index contributed by atoms with van der Waals surface area (Å²) in [6, 6.07) is 6.08. The van der Waals surface area contributed by atoms with Gasteiger partial charge >= 0.3 is 5.97 Å². The molecule has 0 aliphatic rings. The predicted molar refractivity (Wildman–Crippen MR) is 59.5 cm³/mol. The van der Waals surface area contributed by atoms with E-state index in [2.05, 4.69) is 20.7 Å². The van der Waals surface area contributed by atoms with Crippen molar-refractivity contribution < 1.29 is 13.9 Å². The fourth-order valence-electron chi connectivity index (χ4n) is 1.25. The zero-order valence-corrected chi connectivity index (χ0v) is 10.1. The molecule has 0 bridgehead atoms. The van der Waals surface area contributed by atoms with Gasteiger partial charge in [0.2, 0.25) is 0 Å². The normalized spacial score (nSPS) is 14.4. The van der Waals surface area contributed by atoms with Gasteiger partial charge in [-0.25, -0.2) is 4.39 Å². The molecular formula is C11H12BrFO2. The van der Waals surface area contributed by atoms with Crippen molar-refractivity contribution in [2.75, 3.05) is 7.11 Å². The SMILES string of the molecule is COC(=O)C(Br)C(C)c1ccc(F)cc1. The van der Waals surface area contributed by atoms with Crippen LogP contribution in [0.25, 0.3) is 0 Å². The monoisotopic (exact) mass is 274 g/mol. The van der Waals surface area contributed by atoms with Crippen LogP contribution in [0.15, 0.2) is 24.3 Å². The second kappa shape index (κ2) is 5.26. The molecule has 0 saturated carbocycles. The molecule has 2 atom stereocenters. The Hall–Kier alpha value is -0.900. The molecule has 15 heavy (non-hydrogen) atoms. The lowest BCUT2D eigenvalue weighted by atomic mass is 9.98. The van der Waals surface area contributed by atoms with Gasteiger partial charge in [0.15, 0.2) is 0 Å². The molecule has 0 aromatic heterocycles. The first-order chi connectivity index (χ1) is 7.06. The Bertz CT molecular complexity index is 337. The molecule has 0 saturated heterocycles. The van der Waals surface area contributed by atoms with Crippen molar-refractivity contribution in [2.45, 2.75) is 17.7 Å². The van der Waals surface area contributed by atoms with Crippen LogP contribution in [0.3, 0.4) is 0 Å². The number of rotatable bonds is 3. The van der Waals surface area contributed by atoms with Gasteiger partial charge in [-0.15, -0.1) is 0 Å². The van der Waals surface area contributed by atoms with E-state index in [1.807, 2.05) is 6.92 Å². The maximum Gasteiger partial charge on any atom is 0.320 e. The summed E-state index contributed by atoms with van der Waals surface area (Å²) in [5.74, 6) is -0.667. The van der Waals surface area contributed by atoms with Crippen molar-refractivity contribution in [3.05, 3.63) is 35.6 Å². The van der Waals surface area contributed by atoms with Crippen molar-refractivity contribution in [3.63, 3.8) is 0 Å². The highest BCUT2D eigenvalue weighted by Crippen LogP contribution is 2.25. The predicted octanol–water partition coefficient (Wildman–Crippen LogP) is 2.87. The van der Waals surface area contributed by atoms with Crippen LogP contribution in [-0.2, 0) is 9.53 Å². The Morgan fingerprint density at radius 1 is 1.40 bits per heavy atom. The van der Waals surface area contributed by atoms with Crippen molar-refractivity contribution >= 4 is 21.9 Å². The standard InChI is InChI=1S/C11H12BrFO2/c1-7(10(12)11(14)15-2)8-3-5-9(13)6-4-8/h3-7,10H,1-2H3. The highest BCUT2D eigenvalue weighted by Gasteiger charge is 2.23. The third-order valence-electron chi connectivity index (χ3n) is 2.26. The smallest absolute Gasteiger partial charge is 0.320 e. The minimum absolute atomic E-state index is 0.0574. The molecule has 0 amide bonds. The van der Waals surface area contributed by atoms with Crippen LogP contribution in [0.1, 0.15) is 18.4 Å². The van der Waals surface area contributed by atoms with Crippen LogP contribution in [0, 0.1) is 5.82 Å². The number of carbonyl (C=O) groups is 1. The first-order valence-corrected chi connectivity index (χ1v) is 5.45. The Morgan fingerprint density at radius 3 is 2.40 bits per heavy atom. The summed E-state index contributed by atoms with van der Waals surface area (Å²) in [6.07, 6.45) is 0. The zero-order valence-electron chi connectivity index (χ0n) is 8.54. The van der Waals surface area contributed by atoms with E-state index >= 15 is 0 Å². The molecular weight excluding hydrogens is 263 g/mol. The largest absolute Gasteiger partial charge is 0.468 e. The molecule has 0 aliphatic heterocycles. The molecule has 2 unspecified atom stereocenters. The molecule has 0 spiro atoms. The summed E-state index contributed by atoms with van der Waals surface area (Å²) in [5, 5.41) is 0. The van der Waals surface area contributed by atoms with E-state index in [4.69, 9.17) is 0 Å². The summed E-state index contributed by atoms with van der Waals surface area (Å²) in [6.45, 7) is 1.88. The minimum Gasteiger partial charge on any atom is -0.468 e. The number of ether oxygens (including phenoxy) is 1. The lowest BCUT2D eigenvalue weighted by molar-refractivity contribution is -0.140. The van der Waals surface area contributed by atoms with E-state index in [-0.39, 0.29) is 17.7 Å². The Kier molecular flexibility index (Phi) is 4.27. The van der Waals surface area contributed by atoms with Crippen LogP contribution >= 0.6 is 15.9 Å². The van der Waals surface area contributed by atoms with Gasteiger partial charge in [-0.1, -0.05) is 35.0 Å². The van der Waals surface area contributed by atoms with E-state index in [1.165, 1.54) is 19.2 Å². The number of alkyl halides is 1. The third kappa shape index (κ3) is 3.02. The summed E-state index contributed by atoms with van der Waals surface area (Å²) in [4.78, 5) is 10.8. The number of carbonyl (C=O) groups excluding carboxylic acids is 1. The van der Waals surface area contributed by atoms with Crippen LogP contribution in [0.5, 0.6) is 0 Å². The fraction of sp³-hybridized carbons (Fsp3) is 0.364. The van der Waals surface area contributed by atoms with E-state index in [0.29, 0.717) is 0 Å². The average Bonchev–Trinajstić information content (AvgIpc) is 2.27. The van der Waals surface area contributed by atoms with Gasteiger partial charge in [-0.2, -0.15) is 0 Å². The number of benzene rings is 1. The summed E-state index contributed by atoms with van der Waals surface area (Å²) >= 11 is 3.26. The zero-order chi connectivity index (χ0) is 11.4. The quantitative estimate of drug-likeness (QED) is 0.626. The van der Waals surface area contributed by atoms with E-state index in [1.54, 1.807) is 12.1 Å². The molecule has 2 nitrogen and oxygen atoms in total. The van der Waals surface area contributed by atoms with Gasteiger partial charge in [-0.3, -0.25) is 4.79 Å². The first kappa shape index (κ1) is 12.2. The molecule has 1 rings (SSSR count). The molecule has 1 aromatic carbocycles. The Morgan fingerprint density at radius 2 is 1.93 bits per heavy atom. The van der Waals surface area contributed by atoms with Crippen molar-refractivity contribution in [2.24, 2.45) is 0 Å². The van der Waals surface area contributed by atoms with E-state index < -0.39 is 4.83 Å². The maximum absolute atomic E-state index is 12.7. The Balaban J connectivity index is 2.80. The molecule has 82 valence electrons. The van der Waals surface area contributed by atoms with Gasteiger partial charge in [0, 0.05) is 5.92 Å². The second-order valence-corrected chi connectivity index (χ2v) is 4.25. The van der Waals surface area contributed by atoms with Crippen LogP contribution in [0.4, 0.5) is 4.39 Å². The Labute approximate surface area is 96.6 Å². The van der Waals surface area contributed by atoms with Gasteiger partial charge < -0.3 is 4.74 Å². The third-order valence-corrected chi connectivity index (χ3v) is 3.43. The average molecular weight is 275 g/mol. The van der Waals surface area contributed by atoms with Crippen molar-refractivity contribution in [3.8, 4) is 0 Å². The van der Waals surface area contributed by atoms with Crippen LogP contribution < -0.4 is 0 Å². The lowest BCUT2D eigenvalue weighted by Gasteiger charge is -2.16. The van der Waals surface area contributed by atoms with Gasteiger partial charge in [0.1, 0.15) is 10.6 Å². The van der Waals surface area contributed by atoms with Crippen LogP contribution in [-0.4, -0.2) is 17.9 Å². The van der Waals surface area contributed by atoms with E-state index in [0.717, 1.165) is 5.56 Å². The maximum atomic E-state index is 12.7. The molecule has 0 heterocycles. The van der Waals surface area contributed by atoms with Crippen molar-refractivity contribution in [1.82, 2.24) is 0 Å². The first-order valence-electron chi connectivity index (χ1n) is 4.53. The molecule has 0 radical (unpaired) electrons. The highest BCUT2D eigenvalue weighted by atomic mass is 79.9. The molecule has 0 aliphatic carbocycles. The van der Waals surface area contributed by atoms with Crippen LogP contribution in [0.2, 0.25) is 0 Å². The number of hydrogen-bond donors (Lipinski definition) is 0. The topological polar surface area (TPSA) is 26.3 Å². The van der Waals surface area contributed by atoms with Gasteiger partial charge in [-0.05, 0) is 17.7 Å². The second-order valence-electron chi connectivity index (χ2n) is 3.27. The van der Waals surface area contributed by atoms with Gasteiger partial charge in [0.05, 0.1) is 7.11 Å². The number of methoxy groups -OCH3 is 1. The summed E-state index contributed by atoms with van der Waals surface area (Å²) in [5.41, 5.74) is 0.892. The molecule has 4 heteroatoms. The lowest BCUT2D eigenvalue weighted by Crippen LogP contribution is -2.21. The molecule has 1 aromatic rings. The van der Waals surface area contributed by atoms with Crippen molar-refractivity contribution in [1.29, 1.82) is 0 Å². The number of esters is 1. The van der Waals surface area contributed by atoms with E-state index in [9.17, 15) is 9.18 Å².